The molecule has 1 fully saturated rings. The van der Waals surface area contributed by atoms with E-state index in [1.807, 2.05) is 0 Å². The van der Waals surface area contributed by atoms with E-state index in [4.69, 9.17) is 28.8 Å². The van der Waals surface area contributed by atoms with Crippen LogP contribution in [0.3, 0.4) is 0 Å². The summed E-state index contributed by atoms with van der Waals surface area (Å²) in [5.74, 6) is -0.985. The van der Waals surface area contributed by atoms with Crippen molar-refractivity contribution in [3.63, 3.8) is 0 Å². The monoisotopic (exact) mass is 884 g/mol. The fourth-order valence-corrected chi connectivity index (χ4v) is 8.22. The highest BCUT2D eigenvalue weighted by atomic mass is 31.2. The first kappa shape index (κ1) is 54.1. The van der Waals surface area contributed by atoms with Crippen LogP contribution < -0.4 is 11.2 Å². The van der Waals surface area contributed by atoms with Gasteiger partial charge in [-0.1, -0.05) is 173 Å². The summed E-state index contributed by atoms with van der Waals surface area (Å²) in [6.45, 7) is 2.96. The number of carbonyl (C=O) groups is 2. The number of phosphoric ester groups is 1. The molecule has 17 heteroatoms. The highest BCUT2D eigenvalue weighted by Crippen LogP contribution is 2.45. The van der Waals surface area contributed by atoms with Gasteiger partial charge in [-0.2, -0.15) is 0 Å². The number of rotatable bonds is 39. The highest BCUT2D eigenvalue weighted by Gasteiger charge is 2.38. The fourth-order valence-electron chi connectivity index (χ4n) is 7.45. The molecule has 1 aromatic rings. The smallest absolute Gasteiger partial charge is 0.462 e. The lowest BCUT2D eigenvalue weighted by Crippen LogP contribution is -2.32. The van der Waals surface area contributed by atoms with Crippen LogP contribution in [-0.2, 0) is 37.4 Å². The Bertz CT molecular complexity index is 1540. The van der Waals surface area contributed by atoms with Crippen molar-refractivity contribution in [2.24, 2.45) is 5.11 Å². The van der Waals surface area contributed by atoms with Crippen molar-refractivity contribution in [3.8, 4) is 0 Å². The second-order valence-corrected chi connectivity index (χ2v) is 17.9. The van der Waals surface area contributed by atoms with Crippen LogP contribution in [0.25, 0.3) is 10.4 Å². The van der Waals surface area contributed by atoms with Gasteiger partial charge in [0.2, 0.25) is 0 Å². The molecular weight excluding hydrogens is 805 g/mol. The third-order valence-electron chi connectivity index (χ3n) is 11.1. The molecule has 1 aliphatic heterocycles. The van der Waals surface area contributed by atoms with E-state index in [0.717, 1.165) is 49.2 Å². The Morgan fingerprint density at radius 3 is 1.74 bits per heavy atom. The van der Waals surface area contributed by atoms with Crippen LogP contribution in [0.15, 0.2) is 27.0 Å². The minimum atomic E-state index is -4.80. The van der Waals surface area contributed by atoms with Gasteiger partial charge in [0.05, 0.1) is 25.4 Å². The maximum absolute atomic E-state index is 13.0. The largest absolute Gasteiger partial charge is 0.472 e. The van der Waals surface area contributed by atoms with E-state index in [1.165, 1.54) is 122 Å². The van der Waals surface area contributed by atoms with E-state index in [9.17, 15) is 28.6 Å². The molecule has 16 nitrogen and oxygen atoms in total. The molecule has 1 unspecified atom stereocenters. The maximum Gasteiger partial charge on any atom is 0.472 e. The molecule has 350 valence electrons. The number of azide groups is 1. The Morgan fingerprint density at radius 1 is 0.787 bits per heavy atom. The van der Waals surface area contributed by atoms with Crippen molar-refractivity contribution in [3.05, 3.63) is 43.5 Å². The van der Waals surface area contributed by atoms with E-state index in [1.54, 1.807) is 0 Å². The normalized spacial score (nSPS) is 17.7. The lowest BCUT2D eigenvalue weighted by molar-refractivity contribution is -0.161. The summed E-state index contributed by atoms with van der Waals surface area (Å²) >= 11 is 0. The van der Waals surface area contributed by atoms with Gasteiger partial charge in [-0.15, -0.1) is 0 Å². The van der Waals surface area contributed by atoms with Gasteiger partial charge in [0.1, 0.15) is 12.8 Å². The summed E-state index contributed by atoms with van der Waals surface area (Å²) in [6, 6.07) is 0.259. The molecule has 5 atom stereocenters. The van der Waals surface area contributed by atoms with Crippen LogP contribution in [0, 0.1) is 0 Å². The van der Waals surface area contributed by atoms with E-state index in [0.29, 0.717) is 12.8 Å². The number of aromatic amines is 1. The molecular formula is C44H78N5O11P. The first-order valence-corrected chi connectivity index (χ1v) is 25.1. The number of esters is 2. The number of hydrogen-bond acceptors (Lipinski definition) is 11. The fraction of sp³-hybridized carbons (Fsp3) is 0.864. The number of ether oxygens (including phenoxy) is 3. The molecule has 0 aliphatic carbocycles. The Morgan fingerprint density at radius 2 is 1.26 bits per heavy atom. The molecule has 0 saturated carbocycles. The summed E-state index contributed by atoms with van der Waals surface area (Å²) in [7, 11) is -4.80. The van der Waals surface area contributed by atoms with Crippen molar-refractivity contribution >= 4 is 19.8 Å². The predicted molar refractivity (Wildman–Crippen MR) is 236 cm³/mol. The molecule has 1 aromatic heterocycles. The lowest BCUT2D eigenvalue weighted by atomic mass is 10.0. The van der Waals surface area contributed by atoms with Gasteiger partial charge in [-0.05, 0) is 18.4 Å². The maximum atomic E-state index is 13.0. The summed E-state index contributed by atoms with van der Waals surface area (Å²) in [4.78, 5) is 64.7. The van der Waals surface area contributed by atoms with Gasteiger partial charge in [0.25, 0.3) is 5.56 Å². The Kier molecular flexibility index (Phi) is 30.6. The predicted octanol–water partition coefficient (Wildman–Crippen LogP) is 11.1. The Hall–Kier alpha value is -3.00. The Labute approximate surface area is 363 Å². The van der Waals surface area contributed by atoms with Crippen LogP contribution in [0.4, 0.5) is 0 Å². The Balaban J connectivity index is 1.80. The second-order valence-electron chi connectivity index (χ2n) is 16.5. The van der Waals surface area contributed by atoms with Gasteiger partial charge in [-0.3, -0.25) is 33.0 Å². The molecule has 0 radical (unpaired) electrons. The minimum Gasteiger partial charge on any atom is -0.462 e. The average molecular weight is 884 g/mol. The van der Waals surface area contributed by atoms with Crippen molar-refractivity contribution < 1.29 is 42.3 Å². The van der Waals surface area contributed by atoms with Crippen molar-refractivity contribution in [1.29, 1.82) is 0 Å². The molecule has 1 saturated heterocycles. The van der Waals surface area contributed by atoms with Crippen LogP contribution in [0.5, 0.6) is 0 Å². The molecule has 2 N–H and O–H groups in total. The van der Waals surface area contributed by atoms with Gasteiger partial charge in [0, 0.05) is 36.4 Å². The molecule has 0 bridgehead atoms. The quantitative estimate of drug-likeness (QED) is 0.0158. The van der Waals surface area contributed by atoms with Gasteiger partial charge in [0.15, 0.2) is 6.10 Å². The van der Waals surface area contributed by atoms with Crippen LogP contribution in [0.2, 0.25) is 0 Å². The van der Waals surface area contributed by atoms with Gasteiger partial charge < -0.3 is 19.1 Å². The van der Waals surface area contributed by atoms with Crippen molar-refractivity contribution in [2.75, 3.05) is 19.8 Å². The number of unbranched alkanes of at least 4 members (excludes halogenated alkanes) is 24. The second kappa shape index (κ2) is 34.5. The van der Waals surface area contributed by atoms with E-state index >= 15 is 0 Å². The summed E-state index contributed by atoms with van der Waals surface area (Å²) < 4.78 is 41.2. The molecule has 1 aliphatic rings. The number of hydrogen-bond donors (Lipinski definition) is 2. The zero-order valence-corrected chi connectivity index (χ0v) is 38.3. The SMILES string of the molecule is CCCCCCCCCCCCCCCC(=O)OC[C@H](COP(=O)(O)OC[C@H]1O[C@@H](n2ccc(=O)[nH]c2=O)C[C@@H]1N=[N+]=[N-])OC(=O)CCCCCCCCCCCCCCC. The molecule has 2 heterocycles. The number of H-pyrrole nitrogens is 1. The number of phosphoric acid groups is 1. The molecule has 0 spiro atoms. The minimum absolute atomic E-state index is 0.0303. The first-order valence-electron chi connectivity index (χ1n) is 23.6. The topological polar surface area (TPSA) is 221 Å². The zero-order chi connectivity index (χ0) is 44.4. The molecule has 61 heavy (non-hydrogen) atoms. The third-order valence-corrected chi connectivity index (χ3v) is 12.0. The van der Waals surface area contributed by atoms with Crippen molar-refractivity contribution in [1.82, 2.24) is 9.55 Å². The van der Waals surface area contributed by atoms with Crippen LogP contribution >= 0.6 is 7.82 Å². The van der Waals surface area contributed by atoms with E-state index in [2.05, 4.69) is 28.9 Å². The highest BCUT2D eigenvalue weighted by molar-refractivity contribution is 7.47. The van der Waals surface area contributed by atoms with Gasteiger partial charge >= 0.3 is 25.5 Å². The number of nitrogens with zero attached hydrogens (tertiary/aromatic N) is 4. The standard InChI is InChI=1S/C44H78N5O11P/c1-3-5-7-9-11-13-15-17-19-21-23-25-27-29-42(51)56-34-37(59-43(52)30-28-26-24-22-20-18-16-14-12-10-8-6-4-2)35-57-61(54,55)58-36-39-38(47-48-45)33-41(60-39)49-32-31-40(50)46-44(49)53/h31-32,37-39,41H,3-30,33-36H2,1-2H3,(H,54,55)(H,46,50,53)/t37-,38+,39-,41-/m1/s1. The summed E-state index contributed by atoms with van der Waals surface area (Å²) in [6.07, 6.45) is 29.0. The number of carbonyl (C=O) groups excluding carboxylic acids is 2. The van der Waals surface area contributed by atoms with Crippen molar-refractivity contribution in [2.45, 2.75) is 225 Å². The summed E-state index contributed by atoms with van der Waals surface area (Å²) in [5.41, 5.74) is 7.72. The summed E-state index contributed by atoms with van der Waals surface area (Å²) in [5, 5.41) is 3.67. The van der Waals surface area contributed by atoms with Crippen LogP contribution in [-0.4, -0.2) is 64.5 Å². The zero-order valence-electron chi connectivity index (χ0n) is 37.4. The van der Waals surface area contributed by atoms with Gasteiger partial charge in [-0.25, -0.2) is 9.36 Å². The van der Waals surface area contributed by atoms with Crippen LogP contribution in [0.1, 0.15) is 206 Å². The molecule has 0 aromatic carbocycles. The third kappa shape index (κ3) is 26.9. The molecule has 0 amide bonds. The number of aromatic nitrogens is 2. The van der Waals surface area contributed by atoms with E-state index < -0.39 is 68.7 Å². The van der Waals surface area contributed by atoms with E-state index in [-0.39, 0.29) is 25.9 Å². The first-order chi connectivity index (χ1) is 29.6. The lowest BCUT2D eigenvalue weighted by Gasteiger charge is -2.21. The number of nitrogens with one attached hydrogen (secondary N) is 1. The average Bonchev–Trinajstić information content (AvgIpc) is 3.63. The molecule has 2 rings (SSSR count).